The number of ketones is 1. The third-order valence-corrected chi connectivity index (χ3v) is 9.09. The summed E-state index contributed by atoms with van der Waals surface area (Å²) in [7, 11) is 0. The van der Waals surface area contributed by atoms with Crippen molar-refractivity contribution in [3.63, 3.8) is 0 Å². The predicted octanol–water partition coefficient (Wildman–Crippen LogP) is 4.61. The van der Waals surface area contributed by atoms with E-state index in [0.717, 1.165) is 31.2 Å². The highest BCUT2D eigenvalue weighted by Crippen LogP contribution is 2.59. The number of benzene rings is 3. The molecule has 9 heteroatoms. The second-order valence-corrected chi connectivity index (χ2v) is 13.3. The Morgan fingerprint density at radius 1 is 1.00 bits per heavy atom. The van der Waals surface area contributed by atoms with E-state index in [0.29, 0.717) is 11.4 Å². The van der Waals surface area contributed by atoms with Gasteiger partial charge >= 0.3 is 0 Å². The van der Waals surface area contributed by atoms with Crippen molar-refractivity contribution in [3.8, 4) is 5.75 Å². The molecule has 1 saturated heterocycles. The van der Waals surface area contributed by atoms with Crippen LogP contribution in [0.4, 0.5) is 5.69 Å². The Bertz CT molecular complexity index is 1580. The lowest BCUT2D eigenvalue weighted by atomic mass is 9.60. The first-order valence-corrected chi connectivity index (χ1v) is 15.6. The zero-order chi connectivity index (χ0) is 32.0. The van der Waals surface area contributed by atoms with Gasteiger partial charge in [-0.05, 0) is 70.4 Å². The number of nitrogens with zero attached hydrogens (tertiary/aromatic N) is 1. The van der Waals surface area contributed by atoms with Gasteiger partial charge in [-0.1, -0.05) is 73.0 Å². The van der Waals surface area contributed by atoms with E-state index in [2.05, 4.69) is 10.6 Å². The molecule has 3 aromatic rings. The van der Waals surface area contributed by atoms with Gasteiger partial charge in [-0.3, -0.25) is 24.6 Å². The normalized spacial score (nSPS) is 26.6. The minimum Gasteiger partial charge on any atom is -0.473 e. The molecule has 1 spiro atoms. The van der Waals surface area contributed by atoms with Gasteiger partial charge in [0.1, 0.15) is 11.8 Å². The minimum atomic E-state index is -2.52. The Morgan fingerprint density at radius 3 is 2.29 bits per heavy atom. The first kappa shape index (κ1) is 31.0. The number of ether oxygens (including phenoxy) is 2. The molecule has 45 heavy (non-hydrogen) atoms. The number of hydrogen-bond donors (Lipinski definition) is 3. The first-order chi connectivity index (χ1) is 21.5. The van der Waals surface area contributed by atoms with Gasteiger partial charge in [0, 0.05) is 11.2 Å². The summed E-state index contributed by atoms with van der Waals surface area (Å²) in [6.07, 6.45) is 2.70. The summed E-state index contributed by atoms with van der Waals surface area (Å²) in [6, 6.07) is 20.8. The third-order valence-electron chi connectivity index (χ3n) is 9.09. The monoisotopic (exact) mass is 611 g/mol. The lowest BCUT2D eigenvalue weighted by Gasteiger charge is -2.49. The number of anilines is 1. The molecule has 2 amide bonds. The Hall–Kier alpha value is -4.05. The average Bonchev–Trinajstić information content (AvgIpc) is 3.60. The Labute approximate surface area is 263 Å². The van der Waals surface area contributed by atoms with E-state index < -0.39 is 46.4 Å². The number of Topliss-reactive ketones (excluding diaryl/α,β-unsaturated/α-hetero) is 1. The number of carbonyl (C=O) groups is 3. The number of para-hydroxylation sites is 1. The van der Waals surface area contributed by atoms with Gasteiger partial charge in [0.2, 0.25) is 5.91 Å². The summed E-state index contributed by atoms with van der Waals surface area (Å²) >= 11 is 0. The van der Waals surface area contributed by atoms with Gasteiger partial charge < -0.3 is 19.9 Å². The maximum Gasteiger partial charge on any atom is 0.265 e. The van der Waals surface area contributed by atoms with E-state index in [1.165, 1.54) is 4.90 Å². The highest BCUT2D eigenvalue weighted by atomic mass is 16.5. The number of hydrogen-bond acceptors (Lipinski definition) is 7. The van der Waals surface area contributed by atoms with Crippen LogP contribution in [0.1, 0.15) is 67.9 Å². The van der Waals surface area contributed by atoms with Crippen LogP contribution >= 0.6 is 0 Å². The van der Waals surface area contributed by atoms with Crippen LogP contribution < -0.4 is 20.3 Å². The van der Waals surface area contributed by atoms with Gasteiger partial charge in [-0.25, -0.2) is 0 Å². The molecular weight excluding hydrogens is 570 g/mol. The average molecular weight is 612 g/mol. The molecule has 2 heterocycles. The van der Waals surface area contributed by atoms with Crippen LogP contribution in [-0.4, -0.2) is 53.3 Å². The minimum absolute atomic E-state index is 0.0104. The lowest BCUT2D eigenvalue weighted by molar-refractivity contribution is -0.159. The van der Waals surface area contributed by atoms with Crippen molar-refractivity contribution in [2.24, 2.45) is 5.41 Å². The van der Waals surface area contributed by atoms with Crippen molar-refractivity contribution in [2.75, 3.05) is 11.6 Å². The molecular formula is C36H41N3O6. The third kappa shape index (κ3) is 5.13. The van der Waals surface area contributed by atoms with E-state index in [1.54, 1.807) is 72.8 Å². The van der Waals surface area contributed by atoms with Crippen LogP contribution in [0.25, 0.3) is 0 Å². The van der Waals surface area contributed by atoms with E-state index in [-0.39, 0.29) is 24.0 Å². The summed E-state index contributed by atoms with van der Waals surface area (Å²) in [5.41, 5.74) is -3.90. The largest absolute Gasteiger partial charge is 0.473 e. The van der Waals surface area contributed by atoms with E-state index in [1.807, 2.05) is 33.8 Å². The van der Waals surface area contributed by atoms with Gasteiger partial charge in [0.25, 0.3) is 5.91 Å². The number of rotatable bonds is 7. The Kier molecular flexibility index (Phi) is 8.05. The lowest BCUT2D eigenvalue weighted by Crippen LogP contribution is -2.71. The summed E-state index contributed by atoms with van der Waals surface area (Å²) in [5, 5.41) is 19.4. The molecule has 2 aliphatic heterocycles. The second-order valence-electron chi connectivity index (χ2n) is 13.3. The number of aryl methyl sites for hydroxylation is 1. The van der Waals surface area contributed by atoms with E-state index in [9.17, 15) is 14.7 Å². The number of fused-ring (bicyclic) bond motifs is 1. The zero-order valence-corrected chi connectivity index (χ0v) is 26.2. The maximum atomic E-state index is 15.3. The van der Waals surface area contributed by atoms with Crippen LogP contribution in [0.2, 0.25) is 0 Å². The fourth-order valence-electron chi connectivity index (χ4n) is 7.14. The number of aliphatic hydroxyl groups is 1. The SMILES string of the molecule is Cc1ccc2c(c1)C(=O)[C@]1([C@@H](NCOC3CCCC3)O2)[C@@H](C(=O)NC(C)(C)C)N(c2ccccc2)C(=O)[C@]1(O)c1ccccc1. The molecule has 1 saturated carbocycles. The molecule has 236 valence electrons. The van der Waals surface area contributed by atoms with Crippen molar-refractivity contribution in [2.45, 2.75) is 82.9 Å². The van der Waals surface area contributed by atoms with Gasteiger partial charge in [0.05, 0.1) is 18.4 Å². The Balaban J connectivity index is 1.63. The van der Waals surface area contributed by atoms with Gasteiger partial charge in [-0.15, -0.1) is 0 Å². The van der Waals surface area contributed by atoms with Crippen LogP contribution in [-0.2, 0) is 19.9 Å². The molecule has 0 radical (unpaired) electrons. The van der Waals surface area contributed by atoms with Crippen molar-refractivity contribution in [1.29, 1.82) is 0 Å². The summed E-state index contributed by atoms with van der Waals surface area (Å²) < 4.78 is 12.7. The molecule has 9 nitrogen and oxygen atoms in total. The van der Waals surface area contributed by atoms with Crippen molar-refractivity contribution >= 4 is 23.3 Å². The van der Waals surface area contributed by atoms with Crippen LogP contribution in [0.15, 0.2) is 78.9 Å². The highest BCUT2D eigenvalue weighted by molar-refractivity contribution is 6.20. The molecule has 0 bridgehead atoms. The quantitative estimate of drug-likeness (QED) is 0.334. The standard InChI is InChI=1S/C36H41N3O6/c1-23-19-20-28-27(21-23)30(40)35(32(45-28)37-22-44-26-17-11-12-18-26)29(31(41)38-34(2,3)4)39(25-15-9-6-10-16-25)33(42)36(35,43)24-13-7-5-8-14-24/h5-10,13-16,19-21,26,29,32,37,43H,11-12,17-18,22H2,1-4H3,(H,38,41)/t29-,32+,35+,36-/m1/s1. The molecule has 0 unspecified atom stereocenters. The number of carbonyl (C=O) groups excluding carboxylic acids is 3. The number of nitrogens with one attached hydrogen (secondary N) is 2. The van der Waals surface area contributed by atoms with Crippen molar-refractivity contribution in [3.05, 3.63) is 95.6 Å². The fraction of sp³-hybridized carbons (Fsp3) is 0.417. The van der Waals surface area contributed by atoms with Crippen LogP contribution in [0, 0.1) is 12.3 Å². The molecule has 3 aliphatic rings. The molecule has 4 atom stereocenters. The van der Waals surface area contributed by atoms with E-state index >= 15 is 4.79 Å². The zero-order valence-electron chi connectivity index (χ0n) is 26.2. The molecule has 3 N–H and O–H groups in total. The summed E-state index contributed by atoms with van der Waals surface area (Å²) in [5.74, 6) is -1.67. The molecule has 2 fully saturated rings. The topological polar surface area (TPSA) is 117 Å². The second kappa shape index (κ2) is 11.7. The Morgan fingerprint density at radius 2 is 1.64 bits per heavy atom. The first-order valence-electron chi connectivity index (χ1n) is 15.6. The summed E-state index contributed by atoms with van der Waals surface area (Å²) in [6.45, 7) is 7.32. The van der Waals surface area contributed by atoms with Crippen molar-refractivity contribution < 1.29 is 29.0 Å². The molecule has 3 aromatic carbocycles. The predicted molar refractivity (Wildman–Crippen MR) is 170 cm³/mol. The smallest absolute Gasteiger partial charge is 0.265 e. The molecule has 1 aliphatic carbocycles. The molecule has 6 rings (SSSR count). The van der Waals surface area contributed by atoms with Crippen LogP contribution in [0.3, 0.4) is 0 Å². The maximum absolute atomic E-state index is 15.3. The summed E-state index contributed by atoms with van der Waals surface area (Å²) in [4.78, 5) is 46.2. The highest BCUT2D eigenvalue weighted by Gasteiger charge is 2.79. The van der Waals surface area contributed by atoms with E-state index in [4.69, 9.17) is 9.47 Å². The number of amides is 2. The van der Waals surface area contributed by atoms with Gasteiger partial charge in [-0.2, -0.15) is 0 Å². The fourth-order valence-corrected chi connectivity index (χ4v) is 7.14. The van der Waals surface area contributed by atoms with Crippen LogP contribution in [0.5, 0.6) is 5.75 Å². The van der Waals surface area contributed by atoms with Crippen molar-refractivity contribution in [1.82, 2.24) is 10.6 Å². The molecule has 0 aromatic heterocycles. The van der Waals surface area contributed by atoms with Gasteiger partial charge in [0.15, 0.2) is 23.0 Å².